The number of carbonyl (C=O) groups excluding carboxylic acids is 1. The SMILES string of the molecule is CCc1cnc(N2CCC(COc3ccc(C4=CCC(C(=O)N5C/C(=N\OC)C6(CB(C#N)C6)C5)CC4)cc3)CC2)nc1. The first-order valence-corrected chi connectivity index (χ1v) is 15.8. The third-order valence-electron chi connectivity index (χ3n) is 9.88. The maximum absolute atomic E-state index is 13.4. The Morgan fingerprint density at radius 3 is 2.53 bits per heavy atom. The highest BCUT2D eigenvalue weighted by Crippen LogP contribution is 2.48. The number of ether oxygens (including phenoxy) is 1. The quantitative estimate of drug-likeness (QED) is 0.323. The highest BCUT2D eigenvalue weighted by atomic mass is 16.6. The molecule has 1 spiro atoms. The van der Waals surface area contributed by atoms with Crippen molar-refractivity contribution >= 4 is 29.9 Å². The van der Waals surface area contributed by atoms with Gasteiger partial charge in [-0.1, -0.05) is 30.3 Å². The number of aryl methyl sites for hydroxylation is 1. The van der Waals surface area contributed by atoms with Gasteiger partial charge in [0.05, 0.1) is 18.9 Å². The first kappa shape index (κ1) is 29.2. The maximum Gasteiger partial charge on any atom is 0.269 e. The number of hydrogen-bond acceptors (Lipinski definition) is 8. The minimum absolute atomic E-state index is 0.00850. The number of oxime groups is 1. The minimum atomic E-state index is -0.168. The third kappa shape index (κ3) is 6.27. The average Bonchev–Trinajstić information content (AvgIpc) is 3.43. The Morgan fingerprint density at radius 2 is 1.91 bits per heavy atom. The van der Waals surface area contributed by atoms with Gasteiger partial charge >= 0.3 is 0 Å². The molecule has 0 saturated carbocycles. The van der Waals surface area contributed by atoms with Crippen LogP contribution in [-0.4, -0.2) is 73.1 Å². The van der Waals surface area contributed by atoms with E-state index in [9.17, 15) is 10.1 Å². The van der Waals surface area contributed by atoms with Crippen LogP contribution in [0.25, 0.3) is 5.57 Å². The molecule has 3 aliphatic heterocycles. The molecule has 1 amide bonds. The largest absolute Gasteiger partial charge is 0.493 e. The number of anilines is 1. The summed E-state index contributed by atoms with van der Waals surface area (Å²) in [6, 6.07) is 8.42. The number of carbonyl (C=O) groups is 1. The predicted octanol–water partition coefficient (Wildman–Crippen LogP) is 4.92. The molecule has 1 unspecified atom stereocenters. The van der Waals surface area contributed by atoms with Crippen molar-refractivity contribution in [2.24, 2.45) is 22.4 Å². The number of nitrogens with zero attached hydrogens (tertiary/aromatic N) is 6. The van der Waals surface area contributed by atoms with Crippen molar-refractivity contribution in [2.45, 2.75) is 58.1 Å². The van der Waals surface area contributed by atoms with E-state index in [0.717, 1.165) is 88.3 Å². The van der Waals surface area contributed by atoms with Crippen molar-refractivity contribution in [2.75, 3.05) is 44.8 Å². The number of amides is 1. The number of allylic oxidation sites excluding steroid dienone is 2. The van der Waals surface area contributed by atoms with Crippen LogP contribution in [-0.2, 0) is 16.1 Å². The molecule has 224 valence electrons. The molecule has 3 saturated heterocycles. The molecule has 6 rings (SSSR count). The van der Waals surface area contributed by atoms with E-state index >= 15 is 0 Å². The van der Waals surface area contributed by atoms with Crippen LogP contribution >= 0.6 is 0 Å². The Hall–Kier alpha value is -3.87. The van der Waals surface area contributed by atoms with E-state index in [1.165, 1.54) is 16.7 Å². The number of likely N-dealkylation sites (tertiary alicyclic amines) is 1. The molecular weight excluding hydrogens is 539 g/mol. The molecule has 1 aliphatic carbocycles. The Kier molecular flexibility index (Phi) is 8.69. The molecule has 9 nitrogen and oxygen atoms in total. The van der Waals surface area contributed by atoms with Crippen LogP contribution in [0.5, 0.6) is 5.75 Å². The van der Waals surface area contributed by atoms with Crippen molar-refractivity contribution < 1.29 is 14.4 Å². The number of nitriles is 1. The molecule has 4 heterocycles. The van der Waals surface area contributed by atoms with Gasteiger partial charge in [0.1, 0.15) is 12.9 Å². The summed E-state index contributed by atoms with van der Waals surface area (Å²) in [5.74, 6) is 4.81. The summed E-state index contributed by atoms with van der Waals surface area (Å²) in [5, 5.41) is 13.5. The van der Waals surface area contributed by atoms with Crippen molar-refractivity contribution in [3.05, 3.63) is 53.9 Å². The van der Waals surface area contributed by atoms with Crippen LogP contribution in [0.2, 0.25) is 12.6 Å². The van der Waals surface area contributed by atoms with Crippen molar-refractivity contribution in [3.63, 3.8) is 0 Å². The highest BCUT2D eigenvalue weighted by Gasteiger charge is 2.56. The fourth-order valence-electron chi connectivity index (χ4n) is 7.14. The molecule has 0 radical (unpaired) electrons. The Balaban J connectivity index is 0.963. The molecule has 43 heavy (non-hydrogen) atoms. The molecule has 10 heteroatoms. The third-order valence-corrected chi connectivity index (χ3v) is 9.88. The number of benzene rings is 1. The van der Waals surface area contributed by atoms with E-state index < -0.39 is 0 Å². The summed E-state index contributed by atoms with van der Waals surface area (Å²) < 4.78 is 6.18. The predicted molar refractivity (Wildman–Crippen MR) is 168 cm³/mol. The lowest BCUT2D eigenvalue weighted by Gasteiger charge is -2.40. The number of aromatic nitrogens is 2. The first-order valence-electron chi connectivity index (χ1n) is 15.8. The van der Waals surface area contributed by atoms with Crippen LogP contribution in [0.1, 0.15) is 50.2 Å². The number of rotatable bonds is 8. The van der Waals surface area contributed by atoms with Gasteiger partial charge in [0.2, 0.25) is 11.9 Å². The molecule has 1 aromatic heterocycles. The van der Waals surface area contributed by atoms with Gasteiger partial charge in [-0.2, -0.15) is 0 Å². The van der Waals surface area contributed by atoms with E-state index in [1.54, 1.807) is 7.11 Å². The van der Waals surface area contributed by atoms with Gasteiger partial charge in [-0.05, 0) is 85.9 Å². The molecule has 2 aromatic rings. The van der Waals surface area contributed by atoms with Crippen LogP contribution < -0.4 is 9.64 Å². The molecule has 4 aliphatic rings. The zero-order valence-electron chi connectivity index (χ0n) is 25.4. The second-order valence-electron chi connectivity index (χ2n) is 12.6. The van der Waals surface area contributed by atoms with Gasteiger partial charge in [-0.25, -0.2) is 15.2 Å². The van der Waals surface area contributed by atoms with Crippen molar-refractivity contribution in [1.82, 2.24) is 14.9 Å². The van der Waals surface area contributed by atoms with E-state index in [-0.39, 0.29) is 24.0 Å². The van der Waals surface area contributed by atoms with Gasteiger partial charge in [-0.15, -0.1) is 0 Å². The topological polar surface area (TPSA) is 104 Å². The van der Waals surface area contributed by atoms with E-state index in [1.807, 2.05) is 17.3 Å². The van der Waals surface area contributed by atoms with Crippen LogP contribution in [0, 0.1) is 28.5 Å². The van der Waals surface area contributed by atoms with E-state index in [2.05, 4.69) is 63.3 Å². The summed E-state index contributed by atoms with van der Waals surface area (Å²) >= 11 is 0. The Bertz CT molecular complexity index is 1390. The first-order chi connectivity index (χ1) is 21.0. The average molecular weight is 581 g/mol. The zero-order valence-corrected chi connectivity index (χ0v) is 25.4. The number of piperidine rings is 1. The molecule has 1 aromatic carbocycles. The van der Waals surface area contributed by atoms with Gasteiger partial charge < -0.3 is 19.4 Å². The molecular formula is C33H41BN6O3. The van der Waals surface area contributed by atoms with Crippen LogP contribution in [0.15, 0.2) is 47.9 Å². The fourth-order valence-corrected chi connectivity index (χ4v) is 7.14. The minimum Gasteiger partial charge on any atom is -0.493 e. The molecule has 0 bridgehead atoms. The Labute approximate surface area is 255 Å². The monoisotopic (exact) mass is 580 g/mol. The van der Waals surface area contributed by atoms with Gasteiger partial charge in [-0.3, -0.25) is 4.79 Å². The summed E-state index contributed by atoms with van der Waals surface area (Å²) in [4.78, 5) is 31.8. The molecule has 1 atom stereocenters. The maximum atomic E-state index is 13.4. The number of hydrogen-bond donors (Lipinski definition) is 0. The highest BCUT2D eigenvalue weighted by molar-refractivity contribution is 6.71. The zero-order chi connectivity index (χ0) is 29.8. The smallest absolute Gasteiger partial charge is 0.269 e. The summed E-state index contributed by atoms with van der Waals surface area (Å²) in [5.41, 5.74) is 4.42. The molecule has 3 fully saturated rings. The lowest BCUT2D eigenvalue weighted by atomic mass is 9.27. The van der Waals surface area contributed by atoms with Gasteiger partial charge in [0.15, 0.2) is 0 Å². The van der Waals surface area contributed by atoms with Gasteiger partial charge in [0, 0.05) is 49.3 Å². The van der Waals surface area contributed by atoms with Crippen LogP contribution in [0.4, 0.5) is 5.95 Å². The van der Waals surface area contributed by atoms with Crippen LogP contribution in [0.3, 0.4) is 0 Å². The molecule has 0 N–H and O–H groups in total. The van der Waals surface area contributed by atoms with Gasteiger partial charge in [0.25, 0.3) is 6.71 Å². The fraction of sp³-hybridized carbons (Fsp3) is 0.545. The lowest BCUT2D eigenvalue weighted by molar-refractivity contribution is -0.135. The Morgan fingerprint density at radius 1 is 1.16 bits per heavy atom. The summed E-state index contributed by atoms with van der Waals surface area (Å²) in [7, 11) is 1.55. The normalized spacial score (nSPS) is 22.7. The van der Waals surface area contributed by atoms with Crippen molar-refractivity contribution in [3.8, 4) is 11.7 Å². The second-order valence-corrected chi connectivity index (χ2v) is 12.6. The summed E-state index contributed by atoms with van der Waals surface area (Å²) in [6.45, 7) is 5.97. The summed E-state index contributed by atoms with van der Waals surface area (Å²) in [6.07, 6.45) is 13.2. The van der Waals surface area contributed by atoms with Crippen molar-refractivity contribution in [1.29, 1.82) is 5.26 Å². The van der Waals surface area contributed by atoms with E-state index in [0.29, 0.717) is 19.0 Å². The van der Waals surface area contributed by atoms with E-state index in [4.69, 9.17) is 9.57 Å². The lowest BCUT2D eigenvalue weighted by Crippen LogP contribution is -2.48. The standard InChI is InChI=1S/C33H41BN6O3/c1-3-24-16-36-32(37-17-24)39-14-12-25(13-15-39)19-43-29-10-8-27(9-11-29)26-4-6-28(7-5-26)31(41)40-18-30(38-42-2)33(22-40)20-34(21-33)23-35/h4,8-11,16-17,25,28H,3,5-7,12-15,18-22H2,1-2H3/b38-30+. The second kappa shape index (κ2) is 12.8.